The molecular weight excluding hydrogens is 421 g/mol. The Balaban J connectivity index is 1.97. The van der Waals surface area contributed by atoms with E-state index in [1.807, 2.05) is 0 Å². The van der Waals surface area contributed by atoms with Crippen LogP contribution in [0, 0.1) is 12.8 Å². The van der Waals surface area contributed by atoms with Gasteiger partial charge in [-0.1, -0.05) is 11.6 Å². The molecule has 2 aromatic rings. The SMILES string of the molecule is CCOC(=O)c1c(C)nc(-c2ccc(Cl)cc2)nc1OC1CCCC(C(F)(F)F)C1. The molecular formula is C21H22ClF3N2O3. The van der Waals surface area contributed by atoms with Crippen molar-refractivity contribution in [2.24, 2.45) is 5.92 Å². The topological polar surface area (TPSA) is 61.3 Å². The highest BCUT2D eigenvalue weighted by atomic mass is 35.5. The van der Waals surface area contributed by atoms with Gasteiger partial charge in [-0.05, 0) is 63.8 Å². The second-order valence-corrected chi connectivity index (χ2v) is 7.62. The number of carbonyl (C=O) groups is 1. The predicted molar refractivity (Wildman–Crippen MR) is 106 cm³/mol. The Labute approximate surface area is 177 Å². The summed E-state index contributed by atoms with van der Waals surface area (Å²) in [5, 5.41) is 0.537. The monoisotopic (exact) mass is 442 g/mol. The van der Waals surface area contributed by atoms with Gasteiger partial charge in [-0.25, -0.2) is 9.78 Å². The third kappa shape index (κ3) is 5.22. The Hall–Kier alpha value is -2.35. The average Bonchev–Trinajstić information content (AvgIpc) is 2.68. The van der Waals surface area contributed by atoms with Crippen LogP contribution in [0.25, 0.3) is 11.4 Å². The van der Waals surface area contributed by atoms with Gasteiger partial charge in [0.2, 0.25) is 5.88 Å². The van der Waals surface area contributed by atoms with Gasteiger partial charge in [0.25, 0.3) is 0 Å². The molecule has 1 aliphatic rings. The molecule has 30 heavy (non-hydrogen) atoms. The summed E-state index contributed by atoms with van der Waals surface area (Å²) in [6, 6.07) is 6.77. The van der Waals surface area contributed by atoms with Crippen molar-refractivity contribution in [3.63, 3.8) is 0 Å². The van der Waals surface area contributed by atoms with E-state index >= 15 is 0 Å². The molecule has 0 saturated heterocycles. The van der Waals surface area contributed by atoms with E-state index in [1.165, 1.54) is 0 Å². The highest BCUT2D eigenvalue weighted by molar-refractivity contribution is 6.30. The van der Waals surface area contributed by atoms with Crippen molar-refractivity contribution in [3.05, 3.63) is 40.5 Å². The van der Waals surface area contributed by atoms with Crippen LogP contribution in [0.3, 0.4) is 0 Å². The smallest absolute Gasteiger partial charge is 0.391 e. The Morgan fingerprint density at radius 2 is 1.90 bits per heavy atom. The molecule has 2 unspecified atom stereocenters. The highest BCUT2D eigenvalue weighted by Crippen LogP contribution is 2.39. The quantitative estimate of drug-likeness (QED) is 0.549. The number of nitrogens with zero attached hydrogens (tertiary/aromatic N) is 2. The van der Waals surface area contributed by atoms with Gasteiger partial charge in [0.1, 0.15) is 11.7 Å². The molecule has 162 valence electrons. The summed E-state index contributed by atoms with van der Waals surface area (Å²) in [5.74, 6) is -1.87. The maximum absolute atomic E-state index is 13.2. The van der Waals surface area contributed by atoms with Gasteiger partial charge >= 0.3 is 12.1 Å². The molecule has 5 nitrogen and oxygen atoms in total. The van der Waals surface area contributed by atoms with Crippen LogP contribution in [0.5, 0.6) is 5.88 Å². The molecule has 0 radical (unpaired) electrons. The van der Waals surface area contributed by atoms with Crippen LogP contribution in [0.1, 0.15) is 48.7 Å². The van der Waals surface area contributed by atoms with Crippen LogP contribution in [0.2, 0.25) is 5.02 Å². The first-order valence-corrected chi connectivity index (χ1v) is 10.1. The third-order valence-electron chi connectivity index (χ3n) is 5.01. The largest absolute Gasteiger partial charge is 0.474 e. The lowest BCUT2D eigenvalue weighted by atomic mass is 9.87. The summed E-state index contributed by atoms with van der Waals surface area (Å²) >= 11 is 5.92. The number of hydrogen-bond acceptors (Lipinski definition) is 5. The van der Waals surface area contributed by atoms with E-state index in [0.717, 1.165) is 0 Å². The number of esters is 1. The Kier molecular flexibility index (Phi) is 6.85. The van der Waals surface area contributed by atoms with E-state index in [2.05, 4.69) is 9.97 Å². The lowest BCUT2D eigenvalue weighted by molar-refractivity contribution is -0.188. The van der Waals surface area contributed by atoms with Crippen LogP contribution in [-0.2, 0) is 4.74 Å². The van der Waals surface area contributed by atoms with Crippen molar-refractivity contribution in [3.8, 4) is 17.3 Å². The molecule has 0 spiro atoms. The van der Waals surface area contributed by atoms with E-state index in [9.17, 15) is 18.0 Å². The fourth-order valence-corrected chi connectivity index (χ4v) is 3.63. The molecule has 0 aliphatic heterocycles. The molecule has 1 heterocycles. The average molecular weight is 443 g/mol. The highest BCUT2D eigenvalue weighted by Gasteiger charge is 2.43. The maximum atomic E-state index is 13.2. The molecule has 0 bridgehead atoms. The van der Waals surface area contributed by atoms with Gasteiger partial charge in [-0.2, -0.15) is 18.2 Å². The number of halogens is 4. The zero-order valence-corrected chi connectivity index (χ0v) is 17.4. The van der Waals surface area contributed by atoms with Crippen LogP contribution in [-0.4, -0.2) is 34.8 Å². The maximum Gasteiger partial charge on any atom is 0.391 e. The zero-order chi connectivity index (χ0) is 21.9. The van der Waals surface area contributed by atoms with E-state index in [0.29, 0.717) is 29.1 Å². The molecule has 0 N–H and O–H groups in total. The lowest BCUT2D eigenvalue weighted by Gasteiger charge is -2.31. The Bertz CT molecular complexity index is 904. The molecule has 9 heteroatoms. The van der Waals surface area contributed by atoms with Crippen molar-refractivity contribution in [1.29, 1.82) is 0 Å². The van der Waals surface area contributed by atoms with Gasteiger partial charge in [0.15, 0.2) is 5.82 Å². The fraction of sp³-hybridized carbons (Fsp3) is 0.476. The second kappa shape index (κ2) is 9.20. The normalized spacial score (nSPS) is 19.4. The minimum Gasteiger partial charge on any atom is -0.474 e. The molecule has 1 aromatic carbocycles. The number of carbonyl (C=O) groups excluding carboxylic acids is 1. The molecule has 1 aliphatic carbocycles. The Morgan fingerprint density at radius 3 is 2.53 bits per heavy atom. The van der Waals surface area contributed by atoms with Crippen molar-refractivity contribution in [2.45, 2.75) is 51.8 Å². The van der Waals surface area contributed by atoms with Crippen molar-refractivity contribution in [1.82, 2.24) is 9.97 Å². The minimum absolute atomic E-state index is 0.0312. The summed E-state index contributed by atoms with van der Waals surface area (Å²) in [6.07, 6.45) is -4.24. The third-order valence-corrected chi connectivity index (χ3v) is 5.26. The summed E-state index contributed by atoms with van der Waals surface area (Å²) in [7, 11) is 0. The Morgan fingerprint density at radius 1 is 1.20 bits per heavy atom. The zero-order valence-electron chi connectivity index (χ0n) is 16.6. The molecule has 2 atom stereocenters. The first kappa shape index (κ1) is 22.3. The van der Waals surface area contributed by atoms with Gasteiger partial charge in [-0.3, -0.25) is 0 Å². The van der Waals surface area contributed by atoms with Gasteiger partial charge in [0, 0.05) is 10.6 Å². The summed E-state index contributed by atoms with van der Waals surface area (Å²) in [5.41, 5.74) is 0.995. The van der Waals surface area contributed by atoms with Crippen LogP contribution >= 0.6 is 11.6 Å². The van der Waals surface area contributed by atoms with Crippen LogP contribution in [0.4, 0.5) is 13.2 Å². The molecule has 1 saturated carbocycles. The summed E-state index contributed by atoms with van der Waals surface area (Å²) in [6.45, 7) is 3.40. The lowest BCUT2D eigenvalue weighted by Crippen LogP contribution is -2.34. The number of hydrogen-bond donors (Lipinski definition) is 0. The van der Waals surface area contributed by atoms with Gasteiger partial charge < -0.3 is 9.47 Å². The fourth-order valence-electron chi connectivity index (χ4n) is 3.51. The summed E-state index contributed by atoms with van der Waals surface area (Å²) < 4.78 is 50.5. The number of alkyl halides is 3. The number of ether oxygens (including phenoxy) is 2. The van der Waals surface area contributed by atoms with Crippen LogP contribution < -0.4 is 4.74 Å². The van der Waals surface area contributed by atoms with E-state index in [4.69, 9.17) is 21.1 Å². The van der Waals surface area contributed by atoms with Crippen molar-refractivity contribution >= 4 is 17.6 Å². The number of aromatic nitrogens is 2. The standard InChI is InChI=1S/C21H22ClF3N2O3/c1-3-29-20(28)17-12(2)26-18(13-7-9-15(22)10-8-13)27-19(17)30-16-6-4-5-14(11-16)21(23,24)25/h7-10,14,16H,3-6,11H2,1-2H3. The van der Waals surface area contributed by atoms with Crippen molar-refractivity contribution in [2.75, 3.05) is 6.61 Å². The molecule has 0 amide bonds. The van der Waals surface area contributed by atoms with Gasteiger partial charge in [0.05, 0.1) is 18.2 Å². The first-order valence-electron chi connectivity index (χ1n) is 9.74. The molecule has 3 rings (SSSR count). The number of aryl methyl sites for hydroxylation is 1. The predicted octanol–water partition coefficient (Wildman–Crippen LogP) is 5.78. The molecule has 1 fully saturated rings. The number of rotatable bonds is 5. The molecule has 1 aromatic heterocycles. The van der Waals surface area contributed by atoms with Gasteiger partial charge in [-0.15, -0.1) is 0 Å². The van der Waals surface area contributed by atoms with E-state index in [-0.39, 0.29) is 36.7 Å². The number of benzene rings is 1. The van der Waals surface area contributed by atoms with E-state index < -0.39 is 24.2 Å². The second-order valence-electron chi connectivity index (χ2n) is 7.19. The summed E-state index contributed by atoms with van der Waals surface area (Å²) in [4.78, 5) is 21.2. The van der Waals surface area contributed by atoms with E-state index in [1.54, 1.807) is 38.1 Å². The van der Waals surface area contributed by atoms with Crippen molar-refractivity contribution < 1.29 is 27.4 Å². The minimum atomic E-state index is -4.28. The van der Waals surface area contributed by atoms with Crippen LogP contribution in [0.15, 0.2) is 24.3 Å². The first-order chi connectivity index (χ1) is 14.2.